The SMILES string of the molecule is CCOc1ncccc1C(=O)N1CCC[C@H]([C@H]2C[C@@H](C(F)(F)F)n3nc(C)cc3N2)C1. The van der Waals surface area contributed by atoms with Crippen molar-refractivity contribution in [1.29, 1.82) is 0 Å². The van der Waals surface area contributed by atoms with Gasteiger partial charge in [0.15, 0.2) is 6.04 Å². The van der Waals surface area contributed by atoms with E-state index in [1.807, 2.05) is 6.92 Å². The summed E-state index contributed by atoms with van der Waals surface area (Å²) in [6.45, 7) is 4.83. The molecule has 4 rings (SSSR count). The molecule has 0 aliphatic carbocycles. The Labute approximate surface area is 178 Å². The van der Waals surface area contributed by atoms with E-state index in [1.165, 1.54) is 0 Å². The van der Waals surface area contributed by atoms with Crippen molar-refractivity contribution in [1.82, 2.24) is 19.7 Å². The van der Waals surface area contributed by atoms with Crippen LogP contribution in [0.15, 0.2) is 24.4 Å². The second kappa shape index (κ2) is 8.39. The van der Waals surface area contributed by atoms with Crippen LogP contribution < -0.4 is 10.1 Å². The molecule has 0 saturated carbocycles. The molecule has 2 aliphatic rings. The molecule has 0 aromatic carbocycles. The lowest BCUT2D eigenvalue weighted by Gasteiger charge is -2.41. The van der Waals surface area contributed by atoms with E-state index in [2.05, 4.69) is 15.4 Å². The first-order valence-corrected chi connectivity index (χ1v) is 10.5. The molecular formula is C21H26F3N5O2. The first kappa shape index (κ1) is 21.5. The molecule has 1 fully saturated rings. The van der Waals surface area contributed by atoms with Gasteiger partial charge in [-0.05, 0) is 51.2 Å². The number of anilines is 1. The summed E-state index contributed by atoms with van der Waals surface area (Å²) in [6.07, 6.45) is -1.45. The van der Waals surface area contributed by atoms with Crippen molar-refractivity contribution in [2.75, 3.05) is 25.0 Å². The van der Waals surface area contributed by atoms with Crippen molar-refractivity contribution < 1.29 is 22.7 Å². The monoisotopic (exact) mass is 437 g/mol. The van der Waals surface area contributed by atoms with Crippen LogP contribution in [-0.2, 0) is 0 Å². The van der Waals surface area contributed by atoms with Crippen molar-refractivity contribution >= 4 is 11.7 Å². The maximum atomic E-state index is 13.7. The largest absolute Gasteiger partial charge is 0.477 e. The molecule has 7 nitrogen and oxygen atoms in total. The van der Waals surface area contributed by atoms with E-state index in [4.69, 9.17) is 4.74 Å². The fraction of sp³-hybridized carbons (Fsp3) is 0.571. The molecule has 0 radical (unpaired) electrons. The first-order chi connectivity index (χ1) is 14.8. The zero-order valence-electron chi connectivity index (χ0n) is 17.5. The highest BCUT2D eigenvalue weighted by Crippen LogP contribution is 2.42. The van der Waals surface area contributed by atoms with Gasteiger partial charge < -0.3 is 15.0 Å². The van der Waals surface area contributed by atoms with Gasteiger partial charge in [-0.15, -0.1) is 0 Å². The molecule has 31 heavy (non-hydrogen) atoms. The molecule has 2 aromatic heterocycles. The van der Waals surface area contributed by atoms with Crippen molar-refractivity contribution in [2.45, 2.75) is 51.4 Å². The second-order valence-corrected chi connectivity index (χ2v) is 8.10. The quantitative estimate of drug-likeness (QED) is 0.787. The maximum Gasteiger partial charge on any atom is 0.410 e. The molecule has 1 N–H and O–H groups in total. The summed E-state index contributed by atoms with van der Waals surface area (Å²) in [5.74, 6) is 0.360. The van der Waals surface area contributed by atoms with Crippen molar-refractivity contribution in [3.05, 3.63) is 35.7 Å². The summed E-state index contributed by atoms with van der Waals surface area (Å²) in [5.41, 5.74) is 0.918. The number of halogens is 3. The molecule has 1 amide bonds. The fourth-order valence-corrected chi connectivity index (χ4v) is 4.53. The number of amides is 1. The molecule has 4 heterocycles. The number of carbonyl (C=O) groups excluding carboxylic acids is 1. The number of hydrogen-bond acceptors (Lipinski definition) is 5. The highest BCUT2D eigenvalue weighted by molar-refractivity contribution is 5.96. The number of aryl methyl sites for hydroxylation is 1. The molecule has 2 aromatic rings. The number of fused-ring (bicyclic) bond motifs is 1. The van der Waals surface area contributed by atoms with E-state index < -0.39 is 18.3 Å². The average molecular weight is 437 g/mol. The molecule has 0 unspecified atom stereocenters. The van der Waals surface area contributed by atoms with Gasteiger partial charge in [0.05, 0.1) is 12.3 Å². The van der Waals surface area contributed by atoms with E-state index in [0.29, 0.717) is 36.8 Å². The average Bonchev–Trinajstić information content (AvgIpc) is 3.12. The van der Waals surface area contributed by atoms with Crippen LogP contribution in [0.25, 0.3) is 0 Å². The van der Waals surface area contributed by atoms with Gasteiger partial charge in [0.2, 0.25) is 5.88 Å². The zero-order chi connectivity index (χ0) is 22.2. The molecule has 168 valence electrons. The van der Waals surface area contributed by atoms with Crippen LogP contribution in [0.5, 0.6) is 5.88 Å². The Morgan fingerprint density at radius 3 is 2.94 bits per heavy atom. The summed E-state index contributed by atoms with van der Waals surface area (Å²) in [6, 6.07) is 2.92. The van der Waals surface area contributed by atoms with Crippen LogP contribution in [0.4, 0.5) is 19.0 Å². The number of nitrogens with one attached hydrogen (secondary N) is 1. The van der Waals surface area contributed by atoms with Crippen LogP contribution >= 0.6 is 0 Å². The van der Waals surface area contributed by atoms with Gasteiger partial charge in [-0.2, -0.15) is 18.3 Å². The predicted octanol–water partition coefficient (Wildman–Crippen LogP) is 3.83. The number of carbonyl (C=O) groups is 1. The van der Waals surface area contributed by atoms with Crippen LogP contribution in [0.2, 0.25) is 0 Å². The van der Waals surface area contributed by atoms with Crippen LogP contribution in [0, 0.1) is 12.8 Å². The predicted molar refractivity (Wildman–Crippen MR) is 108 cm³/mol. The number of nitrogens with zero attached hydrogens (tertiary/aromatic N) is 4. The Hall–Kier alpha value is -2.78. The minimum atomic E-state index is -4.39. The Morgan fingerprint density at radius 1 is 1.39 bits per heavy atom. The number of aromatic nitrogens is 3. The number of likely N-dealkylation sites (tertiary alicyclic amines) is 1. The number of rotatable bonds is 4. The Bertz CT molecular complexity index is 945. The van der Waals surface area contributed by atoms with Crippen molar-refractivity contribution in [2.24, 2.45) is 5.92 Å². The van der Waals surface area contributed by atoms with E-state index in [9.17, 15) is 18.0 Å². The van der Waals surface area contributed by atoms with E-state index in [-0.39, 0.29) is 24.1 Å². The molecular weight excluding hydrogens is 411 g/mol. The molecule has 0 bridgehead atoms. The number of ether oxygens (including phenoxy) is 1. The topological polar surface area (TPSA) is 72.3 Å². The summed E-state index contributed by atoms with van der Waals surface area (Å²) in [7, 11) is 0. The molecule has 1 saturated heterocycles. The second-order valence-electron chi connectivity index (χ2n) is 8.10. The van der Waals surface area contributed by atoms with Crippen LogP contribution in [-0.4, -0.2) is 57.5 Å². The molecule has 0 spiro atoms. The standard InChI is InChI=1S/C21H26F3N5O2/c1-3-31-19-15(7-4-8-25-19)20(30)28-9-5-6-14(12-28)16-11-17(21(22,23)24)29-18(26-16)10-13(2)27-29/h4,7-8,10,14,16-17,26H,3,5-6,9,11-12H2,1-2H3/t14-,16+,17-/m0/s1. The lowest BCUT2D eigenvalue weighted by molar-refractivity contribution is -0.174. The van der Waals surface area contributed by atoms with E-state index >= 15 is 0 Å². The highest BCUT2D eigenvalue weighted by Gasteiger charge is 2.48. The van der Waals surface area contributed by atoms with Crippen molar-refractivity contribution in [3.8, 4) is 5.88 Å². The fourth-order valence-electron chi connectivity index (χ4n) is 4.53. The van der Waals surface area contributed by atoms with Gasteiger partial charge in [0, 0.05) is 31.4 Å². The third kappa shape index (κ3) is 4.33. The third-order valence-electron chi connectivity index (χ3n) is 5.94. The Morgan fingerprint density at radius 2 is 2.19 bits per heavy atom. The van der Waals surface area contributed by atoms with Crippen LogP contribution in [0.1, 0.15) is 48.3 Å². The first-order valence-electron chi connectivity index (χ1n) is 10.5. The highest BCUT2D eigenvalue weighted by atomic mass is 19.4. The Balaban J connectivity index is 1.53. The van der Waals surface area contributed by atoms with Gasteiger partial charge in [0.1, 0.15) is 11.4 Å². The summed E-state index contributed by atoms with van der Waals surface area (Å²) in [5, 5.41) is 7.28. The maximum absolute atomic E-state index is 13.7. The lowest BCUT2D eigenvalue weighted by atomic mass is 9.85. The molecule has 3 atom stereocenters. The number of alkyl halides is 3. The number of pyridine rings is 1. The van der Waals surface area contributed by atoms with Crippen molar-refractivity contribution in [3.63, 3.8) is 0 Å². The van der Waals surface area contributed by atoms with E-state index in [1.54, 1.807) is 36.2 Å². The number of piperidine rings is 1. The molecule has 10 heteroatoms. The summed E-state index contributed by atoms with van der Waals surface area (Å²) in [4.78, 5) is 19.0. The smallest absolute Gasteiger partial charge is 0.410 e. The lowest BCUT2D eigenvalue weighted by Crippen LogP contribution is -2.49. The van der Waals surface area contributed by atoms with Gasteiger partial charge >= 0.3 is 6.18 Å². The van der Waals surface area contributed by atoms with Gasteiger partial charge in [0.25, 0.3) is 5.91 Å². The van der Waals surface area contributed by atoms with Gasteiger partial charge in [-0.25, -0.2) is 9.67 Å². The summed E-state index contributed by atoms with van der Waals surface area (Å²) < 4.78 is 47.7. The molecule has 2 aliphatic heterocycles. The minimum Gasteiger partial charge on any atom is -0.477 e. The normalized spacial score (nSPS) is 23.8. The zero-order valence-corrected chi connectivity index (χ0v) is 17.5. The van der Waals surface area contributed by atoms with Crippen LogP contribution in [0.3, 0.4) is 0 Å². The van der Waals surface area contributed by atoms with E-state index in [0.717, 1.165) is 17.5 Å². The van der Waals surface area contributed by atoms with Gasteiger partial charge in [-0.3, -0.25) is 4.79 Å². The van der Waals surface area contributed by atoms with Gasteiger partial charge in [-0.1, -0.05) is 0 Å². The Kier molecular flexibility index (Phi) is 5.81. The summed E-state index contributed by atoms with van der Waals surface area (Å²) >= 11 is 0. The minimum absolute atomic E-state index is 0.0984. The number of hydrogen-bond donors (Lipinski definition) is 1. The third-order valence-corrected chi connectivity index (χ3v) is 5.94.